The van der Waals surface area contributed by atoms with Gasteiger partial charge in [0.25, 0.3) is 0 Å². The lowest BCUT2D eigenvalue weighted by Crippen LogP contribution is -2.42. The minimum atomic E-state index is -0.0147. The summed E-state index contributed by atoms with van der Waals surface area (Å²) in [7, 11) is 3.52. The topological polar surface area (TPSA) is 50.8 Å². The monoisotopic (exact) mass is 320 g/mol. The van der Waals surface area contributed by atoms with Gasteiger partial charge in [-0.15, -0.1) is 0 Å². The zero-order chi connectivity index (χ0) is 16.7. The van der Waals surface area contributed by atoms with Gasteiger partial charge >= 0.3 is 6.03 Å². The van der Waals surface area contributed by atoms with E-state index in [9.17, 15) is 4.79 Å². The van der Waals surface area contributed by atoms with Gasteiger partial charge in [-0.1, -0.05) is 19.1 Å². The molecule has 1 aliphatic rings. The third-order valence-electron chi connectivity index (χ3n) is 4.44. The van der Waals surface area contributed by atoms with E-state index in [1.807, 2.05) is 31.3 Å². The second-order valence-electron chi connectivity index (χ2n) is 6.12. The highest BCUT2D eigenvalue weighted by atomic mass is 16.5. The van der Waals surface area contributed by atoms with Crippen LogP contribution in [0, 0.1) is 5.92 Å². The van der Waals surface area contributed by atoms with Crippen LogP contribution >= 0.6 is 0 Å². The van der Waals surface area contributed by atoms with Crippen LogP contribution in [0.25, 0.3) is 0 Å². The molecule has 5 heteroatoms. The van der Waals surface area contributed by atoms with Crippen molar-refractivity contribution in [2.45, 2.75) is 32.2 Å². The van der Waals surface area contributed by atoms with Crippen molar-refractivity contribution in [3.05, 3.63) is 29.8 Å². The first kappa shape index (κ1) is 17.6. The summed E-state index contributed by atoms with van der Waals surface area (Å²) in [5, 5.41) is 3.12. The Morgan fingerprint density at radius 3 is 2.57 bits per heavy atom. The highest BCUT2D eigenvalue weighted by Gasteiger charge is 2.20. The van der Waals surface area contributed by atoms with E-state index in [-0.39, 0.29) is 12.1 Å². The fraction of sp³-hybridized carbons (Fsp3) is 0.611. The molecule has 1 aliphatic heterocycles. The molecular weight excluding hydrogens is 292 g/mol. The van der Waals surface area contributed by atoms with Gasteiger partial charge in [0.15, 0.2) is 0 Å². The first-order valence-corrected chi connectivity index (χ1v) is 8.37. The number of benzene rings is 1. The van der Waals surface area contributed by atoms with E-state index in [0.717, 1.165) is 50.3 Å². The van der Waals surface area contributed by atoms with Crippen LogP contribution in [0.2, 0.25) is 0 Å². The molecule has 1 aromatic carbocycles. The Kier molecular flexibility index (Phi) is 6.71. The van der Waals surface area contributed by atoms with Crippen molar-refractivity contribution < 1.29 is 14.3 Å². The lowest BCUT2D eigenvalue weighted by Gasteiger charge is -2.28. The maximum Gasteiger partial charge on any atom is 0.317 e. The number of rotatable bonds is 6. The van der Waals surface area contributed by atoms with Crippen LogP contribution in [0.4, 0.5) is 4.79 Å². The van der Waals surface area contributed by atoms with Crippen molar-refractivity contribution in [3.63, 3.8) is 0 Å². The molecule has 1 saturated heterocycles. The number of nitrogens with one attached hydrogen (secondary N) is 1. The van der Waals surface area contributed by atoms with Crippen molar-refractivity contribution in [2.75, 3.05) is 33.9 Å². The van der Waals surface area contributed by atoms with Crippen LogP contribution < -0.4 is 10.1 Å². The second kappa shape index (κ2) is 8.77. The standard InChI is InChI=1S/C18H28N2O3/c1-4-17(15-5-7-16(22-3)8-6-15)19-18(21)20(2)13-14-9-11-23-12-10-14/h5-8,14,17H,4,9-13H2,1-3H3,(H,19,21). The van der Waals surface area contributed by atoms with E-state index < -0.39 is 0 Å². The number of carbonyl (C=O) groups excluding carboxylic acids is 1. The first-order valence-electron chi connectivity index (χ1n) is 8.37. The molecule has 1 fully saturated rings. The summed E-state index contributed by atoms with van der Waals surface area (Å²) in [5.41, 5.74) is 1.10. The summed E-state index contributed by atoms with van der Waals surface area (Å²) < 4.78 is 10.6. The van der Waals surface area contributed by atoms with Crippen molar-refractivity contribution >= 4 is 6.03 Å². The highest BCUT2D eigenvalue weighted by molar-refractivity contribution is 5.74. The average molecular weight is 320 g/mol. The number of hydrogen-bond acceptors (Lipinski definition) is 3. The zero-order valence-corrected chi connectivity index (χ0v) is 14.4. The molecular formula is C18H28N2O3. The molecule has 1 heterocycles. The lowest BCUT2D eigenvalue weighted by atomic mass is 10.00. The van der Waals surface area contributed by atoms with E-state index >= 15 is 0 Å². The highest BCUT2D eigenvalue weighted by Crippen LogP contribution is 2.21. The normalized spacial score (nSPS) is 16.7. The van der Waals surface area contributed by atoms with Gasteiger partial charge < -0.3 is 19.7 Å². The summed E-state index contributed by atoms with van der Waals surface area (Å²) in [6.07, 6.45) is 2.92. The number of ether oxygens (including phenoxy) is 2. The average Bonchev–Trinajstić information content (AvgIpc) is 2.60. The minimum Gasteiger partial charge on any atom is -0.497 e. The van der Waals surface area contributed by atoms with E-state index in [4.69, 9.17) is 9.47 Å². The van der Waals surface area contributed by atoms with E-state index in [0.29, 0.717) is 5.92 Å². The van der Waals surface area contributed by atoms with Gasteiger partial charge in [-0.2, -0.15) is 0 Å². The molecule has 0 bridgehead atoms. The Balaban J connectivity index is 1.89. The Labute approximate surface area is 139 Å². The smallest absolute Gasteiger partial charge is 0.317 e. The van der Waals surface area contributed by atoms with Crippen molar-refractivity contribution in [1.29, 1.82) is 0 Å². The van der Waals surface area contributed by atoms with Gasteiger partial charge in [-0.25, -0.2) is 4.79 Å². The van der Waals surface area contributed by atoms with Crippen LogP contribution in [0.5, 0.6) is 5.75 Å². The number of amides is 2. The summed E-state index contributed by atoms with van der Waals surface area (Å²) >= 11 is 0. The lowest BCUT2D eigenvalue weighted by molar-refractivity contribution is 0.0585. The number of hydrogen-bond donors (Lipinski definition) is 1. The Bertz CT molecular complexity index is 484. The van der Waals surface area contributed by atoms with Crippen LogP contribution in [-0.4, -0.2) is 44.8 Å². The molecule has 128 valence electrons. The van der Waals surface area contributed by atoms with Gasteiger partial charge in [-0.3, -0.25) is 0 Å². The van der Waals surface area contributed by atoms with Crippen LogP contribution in [-0.2, 0) is 4.74 Å². The molecule has 0 radical (unpaired) electrons. The molecule has 23 heavy (non-hydrogen) atoms. The molecule has 0 aliphatic carbocycles. The number of methoxy groups -OCH3 is 1. The van der Waals surface area contributed by atoms with Crippen molar-refractivity contribution in [3.8, 4) is 5.75 Å². The summed E-state index contributed by atoms with van der Waals surface area (Å²) in [4.78, 5) is 14.2. The number of nitrogens with zero attached hydrogens (tertiary/aromatic N) is 1. The third kappa shape index (κ3) is 5.13. The molecule has 1 N–H and O–H groups in total. The second-order valence-corrected chi connectivity index (χ2v) is 6.12. The molecule has 1 atom stereocenters. The SMILES string of the molecule is CCC(NC(=O)N(C)CC1CCOCC1)c1ccc(OC)cc1. The van der Waals surface area contributed by atoms with Crippen molar-refractivity contribution in [1.82, 2.24) is 10.2 Å². The summed E-state index contributed by atoms with van der Waals surface area (Å²) in [5.74, 6) is 1.37. The Morgan fingerprint density at radius 2 is 2.00 bits per heavy atom. The molecule has 0 spiro atoms. The maximum absolute atomic E-state index is 12.4. The summed E-state index contributed by atoms with van der Waals surface area (Å²) in [6, 6.07) is 7.87. The molecule has 0 saturated carbocycles. The van der Waals surface area contributed by atoms with Crippen LogP contribution in [0.1, 0.15) is 37.8 Å². The number of urea groups is 1. The van der Waals surface area contributed by atoms with Gasteiger partial charge in [0.05, 0.1) is 13.2 Å². The Hall–Kier alpha value is -1.75. The molecule has 1 unspecified atom stereocenters. The maximum atomic E-state index is 12.4. The molecule has 5 nitrogen and oxygen atoms in total. The van der Waals surface area contributed by atoms with Gasteiger partial charge in [0.1, 0.15) is 5.75 Å². The van der Waals surface area contributed by atoms with Crippen LogP contribution in [0.15, 0.2) is 24.3 Å². The third-order valence-corrected chi connectivity index (χ3v) is 4.44. The molecule has 2 amide bonds. The summed E-state index contributed by atoms with van der Waals surface area (Å²) in [6.45, 7) is 4.48. The van der Waals surface area contributed by atoms with E-state index in [1.54, 1.807) is 12.0 Å². The largest absolute Gasteiger partial charge is 0.497 e. The quantitative estimate of drug-likeness (QED) is 0.875. The van der Waals surface area contributed by atoms with Crippen LogP contribution in [0.3, 0.4) is 0 Å². The predicted molar refractivity (Wildman–Crippen MR) is 90.7 cm³/mol. The van der Waals surface area contributed by atoms with Crippen molar-refractivity contribution in [2.24, 2.45) is 5.92 Å². The van der Waals surface area contributed by atoms with E-state index in [2.05, 4.69) is 12.2 Å². The minimum absolute atomic E-state index is 0.0147. The van der Waals surface area contributed by atoms with Gasteiger partial charge in [-0.05, 0) is 42.9 Å². The molecule has 1 aromatic rings. The van der Waals surface area contributed by atoms with Gasteiger partial charge in [0.2, 0.25) is 0 Å². The predicted octanol–water partition coefficient (Wildman–Crippen LogP) is 3.21. The number of carbonyl (C=O) groups is 1. The molecule has 0 aromatic heterocycles. The fourth-order valence-corrected chi connectivity index (χ4v) is 2.92. The fourth-order valence-electron chi connectivity index (χ4n) is 2.92. The zero-order valence-electron chi connectivity index (χ0n) is 14.4. The first-order chi connectivity index (χ1) is 11.1. The van der Waals surface area contributed by atoms with E-state index in [1.165, 1.54) is 0 Å². The molecule has 2 rings (SSSR count). The Morgan fingerprint density at radius 1 is 1.35 bits per heavy atom. The van der Waals surface area contributed by atoms with Gasteiger partial charge in [0, 0.05) is 26.8 Å².